The van der Waals surface area contributed by atoms with E-state index in [2.05, 4.69) is 0 Å². The topological polar surface area (TPSA) is 48.0 Å². The van der Waals surface area contributed by atoms with E-state index in [-0.39, 0.29) is 18.1 Å². The van der Waals surface area contributed by atoms with Crippen molar-refractivity contribution in [3.8, 4) is 11.5 Å². The minimum atomic E-state index is 0.0953. The molecule has 0 aromatic heterocycles. The standard InChI is InChI=1S/C16H21NO4/c1-11-9-17(10-12(2)21-11)16(18)8-13-3-4-14-15(7-13)20-6-5-19-14/h3-4,7,11-12H,5-6,8-10H2,1-2H3. The molecular formula is C16H21NO4. The maximum atomic E-state index is 12.4. The van der Waals surface area contributed by atoms with Gasteiger partial charge in [-0.05, 0) is 31.5 Å². The van der Waals surface area contributed by atoms with Gasteiger partial charge in [0.05, 0.1) is 18.6 Å². The third-order valence-corrected chi connectivity index (χ3v) is 3.73. The van der Waals surface area contributed by atoms with Crippen molar-refractivity contribution < 1.29 is 19.0 Å². The molecule has 0 N–H and O–H groups in total. The van der Waals surface area contributed by atoms with Crippen LogP contribution in [0.15, 0.2) is 18.2 Å². The van der Waals surface area contributed by atoms with Crippen LogP contribution >= 0.6 is 0 Å². The summed E-state index contributed by atoms with van der Waals surface area (Å²) < 4.78 is 16.7. The van der Waals surface area contributed by atoms with Crippen LogP contribution in [0, 0.1) is 0 Å². The van der Waals surface area contributed by atoms with Crippen LogP contribution in [0.4, 0.5) is 0 Å². The fourth-order valence-corrected chi connectivity index (χ4v) is 2.87. The monoisotopic (exact) mass is 291 g/mol. The Bertz CT molecular complexity index is 521. The molecule has 2 aliphatic heterocycles. The van der Waals surface area contributed by atoms with Crippen molar-refractivity contribution in [2.45, 2.75) is 32.5 Å². The van der Waals surface area contributed by atoms with Gasteiger partial charge < -0.3 is 19.1 Å². The lowest BCUT2D eigenvalue weighted by Crippen LogP contribution is -2.48. The maximum absolute atomic E-state index is 12.4. The third kappa shape index (κ3) is 3.29. The highest BCUT2D eigenvalue weighted by Gasteiger charge is 2.26. The normalized spacial score (nSPS) is 24.8. The summed E-state index contributed by atoms with van der Waals surface area (Å²) in [6.07, 6.45) is 0.576. The minimum Gasteiger partial charge on any atom is -0.486 e. The van der Waals surface area contributed by atoms with Crippen LogP contribution in [-0.2, 0) is 16.0 Å². The zero-order valence-electron chi connectivity index (χ0n) is 12.5. The number of ether oxygens (including phenoxy) is 3. The number of nitrogens with zero attached hydrogens (tertiary/aromatic N) is 1. The van der Waals surface area contributed by atoms with Crippen LogP contribution < -0.4 is 9.47 Å². The van der Waals surface area contributed by atoms with Crippen LogP contribution in [0.2, 0.25) is 0 Å². The molecule has 2 atom stereocenters. The van der Waals surface area contributed by atoms with Gasteiger partial charge in [0.25, 0.3) is 0 Å². The summed E-state index contributed by atoms with van der Waals surface area (Å²) in [4.78, 5) is 14.3. The molecule has 1 saturated heterocycles. The molecule has 21 heavy (non-hydrogen) atoms. The van der Waals surface area contributed by atoms with Gasteiger partial charge in [-0.3, -0.25) is 4.79 Å². The molecule has 3 rings (SSSR count). The molecule has 2 aliphatic rings. The molecule has 0 spiro atoms. The summed E-state index contributed by atoms with van der Waals surface area (Å²) in [5.41, 5.74) is 0.955. The summed E-state index contributed by atoms with van der Waals surface area (Å²) in [5.74, 6) is 1.62. The molecule has 1 amide bonds. The van der Waals surface area contributed by atoms with E-state index in [0.717, 1.165) is 17.1 Å². The van der Waals surface area contributed by atoms with Crippen LogP contribution in [0.25, 0.3) is 0 Å². The Morgan fingerprint density at radius 3 is 2.52 bits per heavy atom. The van der Waals surface area contributed by atoms with Crippen LogP contribution in [0.5, 0.6) is 11.5 Å². The Morgan fingerprint density at radius 1 is 1.14 bits per heavy atom. The molecule has 5 nitrogen and oxygen atoms in total. The number of morpholine rings is 1. The van der Waals surface area contributed by atoms with Gasteiger partial charge >= 0.3 is 0 Å². The van der Waals surface area contributed by atoms with Gasteiger partial charge in [-0.25, -0.2) is 0 Å². The summed E-state index contributed by atoms with van der Waals surface area (Å²) in [7, 11) is 0. The van der Waals surface area contributed by atoms with E-state index in [1.54, 1.807) is 0 Å². The van der Waals surface area contributed by atoms with Crippen molar-refractivity contribution in [2.75, 3.05) is 26.3 Å². The molecule has 1 aromatic rings. The molecule has 0 aliphatic carbocycles. The van der Waals surface area contributed by atoms with Gasteiger partial charge in [0, 0.05) is 13.1 Å². The molecule has 0 bridgehead atoms. The first kappa shape index (κ1) is 14.2. The molecule has 114 valence electrons. The number of hydrogen-bond donors (Lipinski definition) is 0. The van der Waals surface area contributed by atoms with Crippen molar-refractivity contribution in [1.29, 1.82) is 0 Å². The van der Waals surface area contributed by atoms with Crippen molar-refractivity contribution in [1.82, 2.24) is 4.90 Å². The number of carbonyl (C=O) groups excluding carboxylic acids is 1. The molecule has 2 heterocycles. The minimum absolute atomic E-state index is 0.0953. The lowest BCUT2D eigenvalue weighted by molar-refractivity contribution is -0.142. The Hall–Kier alpha value is -1.75. The average Bonchev–Trinajstić information content (AvgIpc) is 2.46. The SMILES string of the molecule is CC1CN(C(=O)Cc2ccc3c(c2)OCCO3)CC(C)O1. The van der Waals surface area contributed by atoms with Gasteiger partial charge in [0.1, 0.15) is 13.2 Å². The molecule has 2 unspecified atom stereocenters. The number of hydrogen-bond acceptors (Lipinski definition) is 4. The summed E-state index contributed by atoms with van der Waals surface area (Å²) in [6, 6.07) is 5.71. The Balaban J connectivity index is 1.67. The predicted molar refractivity (Wildman–Crippen MR) is 77.7 cm³/mol. The van der Waals surface area contributed by atoms with Gasteiger partial charge in [-0.15, -0.1) is 0 Å². The summed E-state index contributed by atoms with van der Waals surface area (Å²) in [5, 5.41) is 0. The molecule has 5 heteroatoms. The number of fused-ring (bicyclic) bond motifs is 1. The fourth-order valence-electron chi connectivity index (χ4n) is 2.87. The van der Waals surface area contributed by atoms with Crippen molar-refractivity contribution in [3.63, 3.8) is 0 Å². The Morgan fingerprint density at radius 2 is 1.81 bits per heavy atom. The molecule has 1 fully saturated rings. The van der Waals surface area contributed by atoms with Crippen molar-refractivity contribution in [2.24, 2.45) is 0 Å². The number of benzene rings is 1. The zero-order valence-corrected chi connectivity index (χ0v) is 12.5. The highest BCUT2D eigenvalue weighted by molar-refractivity contribution is 5.79. The van der Waals surface area contributed by atoms with E-state index in [0.29, 0.717) is 32.7 Å². The number of rotatable bonds is 2. The first-order chi connectivity index (χ1) is 10.1. The Labute approximate surface area is 124 Å². The number of amides is 1. The Kier molecular flexibility index (Phi) is 4.01. The van der Waals surface area contributed by atoms with E-state index in [1.807, 2.05) is 36.9 Å². The van der Waals surface area contributed by atoms with Crippen LogP contribution in [0.1, 0.15) is 19.4 Å². The first-order valence-corrected chi connectivity index (χ1v) is 7.43. The molecular weight excluding hydrogens is 270 g/mol. The largest absolute Gasteiger partial charge is 0.486 e. The maximum Gasteiger partial charge on any atom is 0.227 e. The van der Waals surface area contributed by atoms with Gasteiger partial charge in [-0.2, -0.15) is 0 Å². The molecule has 0 radical (unpaired) electrons. The first-order valence-electron chi connectivity index (χ1n) is 7.43. The van der Waals surface area contributed by atoms with E-state index in [9.17, 15) is 4.79 Å². The third-order valence-electron chi connectivity index (χ3n) is 3.73. The molecule has 0 saturated carbocycles. The second-order valence-electron chi connectivity index (χ2n) is 5.71. The van der Waals surface area contributed by atoms with Crippen LogP contribution in [-0.4, -0.2) is 49.3 Å². The lowest BCUT2D eigenvalue weighted by Gasteiger charge is -2.35. The van der Waals surface area contributed by atoms with Crippen LogP contribution in [0.3, 0.4) is 0 Å². The van der Waals surface area contributed by atoms with Gasteiger partial charge in [0.2, 0.25) is 5.91 Å². The number of carbonyl (C=O) groups is 1. The van der Waals surface area contributed by atoms with Gasteiger partial charge in [0.15, 0.2) is 11.5 Å². The highest BCUT2D eigenvalue weighted by atomic mass is 16.6. The smallest absolute Gasteiger partial charge is 0.227 e. The quantitative estimate of drug-likeness (QED) is 0.831. The fraction of sp³-hybridized carbons (Fsp3) is 0.562. The summed E-state index contributed by atoms with van der Waals surface area (Å²) >= 11 is 0. The van der Waals surface area contributed by atoms with E-state index >= 15 is 0 Å². The summed E-state index contributed by atoms with van der Waals surface area (Å²) in [6.45, 7) is 6.46. The van der Waals surface area contributed by atoms with Crippen molar-refractivity contribution >= 4 is 5.91 Å². The second kappa shape index (κ2) is 5.93. The molecule has 1 aromatic carbocycles. The van der Waals surface area contributed by atoms with Gasteiger partial charge in [-0.1, -0.05) is 6.07 Å². The van der Waals surface area contributed by atoms with E-state index in [1.165, 1.54) is 0 Å². The predicted octanol–water partition coefficient (Wildman–Crippen LogP) is 1.64. The average molecular weight is 291 g/mol. The lowest BCUT2D eigenvalue weighted by atomic mass is 10.1. The van der Waals surface area contributed by atoms with E-state index < -0.39 is 0 Å². The van der Waals surface area contributed by atoms with Crippen molar-refractivity contribution in [3.05, 3.63) is 23.8 Å². The van der Waals surface area contributed by atoms with E-state index in [4.69, 9.17) is 14.2 Å². The second-order valence-corrected chi connectivity index (χ2v) is 5.71. The highest BCUT2D eigenvalue weighted by Crippen LogP contribution is 2.31. The zero-order chi connectivity index (χ0) is 14.8.